The molecule has 21 nitrogen and oxygen atoms in total. The number of hydrogen-bond donors (Lipinski definition) is 6. The molecular formula is C36H52BN9O12. The first-order valence-electron chi connectivity index (χ1n) is 19.6. The van der Waals surface area contributed by atoms with Gasteiger partial charge in [0.05, 0.1) is 44.4 Å². The summed E-state index contributed by atoms with van der Waals surface area (Å²) in [6, 6.07) is 6.18. The van der Waals surface area contributed by atoms with Gasteiger partial charge in [-0.05, 0) is 43.5 Å². The zero-order chi connectivity index (χ0) is 41.5. The van der Waals surface area contributed by atoms with Gasteiger partial charge < -0.3 is 39.8 Å². The molecule has 6 N–H and O–H groups in total. The van der Waals surface area contributed by atoms with Gasteiger partial charge in [-0.3, -0.25) is 64.0 Å². The van der Waals surface area contributed by atoms with Crippen molar-refractivity contribution in [2.45, 2.75) is 49.9 Å². The molecule has 5 saturated heterocycles. The molecular weight excluding hydrogens is 761 g/mol. The molecule has 22 heteroatoms. The maximum absolute atomic E-state index is 13.3. The van der Waals surface area contributed by atoms with E-state index in [0.717, 1.165) is 0 Å². The summed E-state index contributed by atoms with van der Waals surface area (Å²) in [5.74, 6) is -6.06. The molecule has 1 aromatic carbocycles. The van der Waals surface area contributed by atoms with Crippen molar-refractivity contribution in [1.29, 1.82) is 0 Å². The Labute approximate surface area is 335 Å². The van der Waals surface area contributed by atoms with Crippen molar-refractivity contribution in [3.05, 3.63) is 29.8 Å². The van der Waals surface area contributed by atoms with Gasteiger partial charge in [-0.1, -0.05) is 0 Å². The zero-order valence-corrected chi connectivity index (χ0v) is 32.6. The number of fused-ring (bicyclic) bond motifs is 7. The summed E-state index contributed by atoms with van der Waals surface area (Å²) >= 11 is 0. The molecule has 5 unspecified atom stereocenters. The van der Waals surface area contributed by atoms with Gasteiger partial charge in [-0.15, -0.1) is 0 Å². The van der Waals surface area contributed by atoms with Crippen molar-refractivity contribution >= 4 is 54.3 Å². The first kappa shape index (κ1) is 42.7. The number of rotatable bonds is 12. The second kappa shape index (κ2) is 18.8. The first-order valence-corrected chi connectivity index (χ1v) is 19.6. The molecule has 0 radical (unpaired) electrons. The molecule has 5 aliphatic heterocycles. The van der Waals surface area contributed by atoms with E-state index >= 15 is 0 Å². The Morgan fingerprint density at radius 2 is 1.41 bits per heavy atom. The summed E-state index contributed by atoms with van der Waals surface area (Å²) in [5, 5.41) is 24.3. The van der Waals surface area contributed by atoms with Gasteiger partial charge in [-0.2, -0.15) is 0 Å². The van der Waals surface area contributed by atoms with Crippen molar-refractivity contribution in [3.63, 3.8) is 0 Å². The van der Waals surface area contributed by atoms with E-state index in [4.69, 9.17) is 14.2 Å². The number of benzene rings is 1. The first-order chi connectivity index (χ1) is 27.7. The Kier molecular flexibility index (Phi) is 13.9. The van der Waals surface area contributed by atoms with E-state index in [2.05, 4.69) is 21.5 Å². The highest BCUT2D eigenvalue weighted by Gasteiger charge is 2.62. The van der Waals surface area contributed by atoms with Gasteiger partial charge >= 0.3 is 25.0 Å². The van der Waals surface area contributed by atoms with E-state index in [1.165, 1.54) is 24.0 Å². The molecule has 0 aliphatic carbocycles. The smallest absolute Gasteiger partial charge is 0.447 e. The third kappa shape index (κ3) is 10.8. The molecule has 1 aromatic rings. The number of ether oxygens (including phenoxy) is 3. The molecule has 316 valence electrons. The third-order valence-electron chi connectivity index (χ3n) is 11.1. The number of nitrogens with one attached hydrogen (secondary N) is 4. The average molecular weight is 814 g/mol. The second-order valence-electron chi connectivity index (χ2n) is 15.4. The van der Waals surface area contributed by atoms with E-state index in [9.17, 15) is 43.6 Å². The summed E-state index contributed by atoms with van der Waals surface area (Å²) in [6.07, 6.45) is 1.52. The molecule has 0 aromatic heterocycles. The molecule has 4 amide bonds. The highest BCUT2D eigenvalue weighted by atomic mass is 16.8. The Bertz CT molecular complexity index is 1710. The van der Waals surface area contributed by atoms with E-state index in [1.807, 2.05) is 14.7 Å². The van der Waals surface area contributed by atoms with Gasteiger partial charge in [-0.25, -0.2) is 0 Å². The highest BCUT2D eigenvalue weighted by Crippen LogP contribution is 2.37. The molecule has 5 aliphatic rings. The Hall–Kier alpha value is -4.87. The number of esters is 3. The van der Waals surface area contributed by atoms with E-state index < -0.39 is 54.2 Å². The Balaban J connectivity index is 0.975. The van der Waals surface area contributed by atoms with E-state index in [-0.39, 0.29) is 76.2 Å². The fourth-order valence-electron chi connectivity index (χ4n) is 7.95. The van der Waals surface area contributed by atoms with Crippen molar-refractivity contribution in [2.24, 2.45) is 0 Å². The summed E-state index contributed by atoms with van der Waals surface area (Å²) in [6.45, 7) is 4.19. The van der Waals surface area contributed by atoms with Crippen molar-refractivity contribution in [1.82, 2.24) is 40.6 Å². The minimum Gasteiger partial charge on any atom is -0.447 e. The lowest BCUT2D eigenvalue weighted by molar-refractivity contribution is -0.305. The second-order valence-corrected chi connectivity index (χ2v) is 15.4. The summed E-state index contributed by atoms with van der Waals surface area (Å²) < 4.78 is 17.8. The minimum absolute atomic E-state index is 0.0134. The number of morpholine rings is 1. The molecule has 58 heavy (non-hydrogen) atoms. The number of carbonyl (C=O) groups excluding carboxylic acids is 7. The van der Waals surface area contributed by atoms with Crippen LogP contribution in [0.1, 0.15) is 43.0 Å². The van der Waals surface area contributed by atoms with Crippen LogP contribution >= 0.6 is 0 Å². The molecule has 5 bridgehead atoms. The number of nitrogens with zero attached hydrogens (tertiary/aromatic N) is 5. The van der Waals surface area contributed by atoms with Crippen LogP contribution in [0.5, 0.6) is 0 Å². The van der Waals surface area contributed by atoms with Crippen LogP contribution < -0.4 is 21.5 Å². The topological polar surface area (TPSA) is 252 Å². The molecule has 5 fully saturated rings. The number of likely N-dealkylation sites (tertiary alicyclic amines) is 1. The predicted molar refractivity (Wildman–Crippen MR) is 203 cm³/mol. The van der Waals surface area contributed by atoms with Crippen molar-refractivity contribution in [2.75, 3.05) is 104 Å². The van der Waals surface area contributed by atoms with Gasteiger partial charge in [0.15, 0.2) is 0 Å². The summed E-state index contributed by atoms with van der Waals surface area (Å²) in [5.41, 5.74) is 4.50. The number of hydrogen-bond acceptors (Lipinski definition) is 17. The molecule has 6 rings (SSSR count). The fourth-order valence-corrected chi connectivity index (χ4v) is 7.95. The van der Waals surface area contributed by atoms with Gasteiger partial charge in [0.25, 0.3) is 11.7 Å². The number of amides is 4. The lowest BCUT2D eigenvalue weighted by Gasteiger charge is -2.52. The van der Waals surface area contributed by atoms with E-state index in [0.29, 0.717) is 70.8 Å². The van der Waals surface area contributed by atoms with Crippen LogP contribution in [0.2, 0.25) is 0 Å². The number of anilines is 1. The zero-order valence-electron chi connectivity index (χ0n) is 32.6. The van der Waals surface area contributed by atoms with Crippen LogP contribution in [0.4, 0.5) is 5.69 Å². The molecule has 1 spiro atoms. The molecule has 5 heterocycles. The lowest BCUT2D eigenvalue weighted by atomic mass is 9.78. The van der Waals surface area contributed by atoms with Gasteiger partial charge in [0, 0.05) is 84.4 Å². The van der Waals surface area contributed by atoms with Crippen LogP contribution in [0.3, 0.4) is 0 Å². The summed E-state index contributed by atoms with van der Waals surface area (Å²) in [4.78, 5) is 99.3. The largest absolute Gasteiger partial charge is 0.475 e. The van der Waals surface area contributed by atoms with Crippen molar-refractivity contribution in [3.8, 4) is 0 Å². The van der Waals surface area contributed by atoms with Crippen molar-refractivity contribution < 1.29 is 57.8 Å². The lowest BCUT2D eigenvalue weighted by Crippen LogP contribution is -2.72. The fraction of sp³-hybridized carbons (Fsp3) is 0.639. The predicted octanol–water partition coefficient (Wildman–Crippen LogP) is -3.89. The maximum atomic E-state index is 13.3. The van der Waals surface area contributed by atoms with Crippen LogP contribution in [0, 0.1) is 0 Å². The van der Waals surface area contributed by atoms with Crippen LogP contribution in [0.15, 0.2) is 24.3 Å². The normalized spacial score (nSPS) is 28.8. The molecule has 6 atom stereocenters. The Morgan fingerprint density at radius 1 is 0.793 bits per heavy atom. The monoisotopic (exact) mass is 813 g/mol. The van der Waals surface area contributed by atoms with Crippen LogP contribution in [-0.4, -0.2) is 199 Å². The van der Waals surface area contributed by atoms with E-state index in [1.54, 1.807) is 17.0 Å². The molecule has 0 saturated carbocycles. The third-order valence-corrected chi connectivity index (χ3v) is 11.1. The van der Waals surface area contributed by atoms with Gasteiger partial charge in [0.1, 0.15) is 0 Å². The Morgan fingerprint density at radius 3 is 2.09 bits per heavy atom. The average Bonchev–Trinajstić information content (AvgIpc) is 3.67. The SMILES string of the molecule is CC12OC(=O)CN3CCN(CCN4CC(=O)OC1(CN(CC(=O)NCCCC(=O)NNc1ccc(C(=O)NCC(=O)N5CCC[C@H]5B(O)O)cc1)CC3)C4)CC(=O)O2. The standard InChI is InChI=1S/C36H52BN9O12/c1-35-36-23-44(16-14-42(20-31(50)56-35)12-13-43(21-32(51)57-35)15-17-45(24-36)22-33(52)58-36)19-29(48)38-10-2-5-28(47)41-40-26-8-6-25(7-9-26)34(53)39-18-30(49)46-11-3-4-27(46)37(54)55/h6-9,27,40,54-55H,2-5,10-24H2,1H3,(H,38,48)(H,39,53)(H,41,47)/t27-,35?,36?/m0/s1. The highest BCUT2D eigenvalue weighted by molar-refractivity contribution is 6.43. The minimum atomic E-state index is -1.98. The quantitative estimate of drug-likeness (QED) is 0.0511. The van der Waals surface area contributed by atoms with Crippen LogP contribution in [0.25, 0.3) is 0 Å². The van der Waals surface area contributed by atoms with Gasteiger partial charge in [0.2, 0.25) is 23.3 Å². The number of hydrazine groups is 1. The van der Waals surface area contributed by atoms with Crippen LogP contribution in [-0.2, 0) is 43.0 Å². The maximum Gasteiger partial charge on any atom is 0.475 e. The number of carbonyl (C=O) groups is 7. The summed E-state index contributed by atoms with van der Waals surface area (Å²) in [7, 11) is -1.64.